The highest BCUT2D eigenvalue weighted by Gasteiger charge is 2.15. The first kappa shape index (κ1) is 16.9. The van der Waals surface area contributed by atoms with Crippen LogP contribution >= 0.6 is 11.6 Å². The van der Waals surface area contributed by atoms with E-state index < -0.39 is 5.97 Å². The maximum absolute atomic E-state index is 11.9. The van der Waals surface area contributed by atoms with Gasteiger partial charge in [-0.3, -0.25) is 0 Å². The number of carbonyl (C=O) groups is 1. The van der Waals surface area contributed by atoms with Crippen molar-refractivity contribution in [3.63, 3.8) is 0 Å². The normalized spacial score (nSPS) is 12.5. The molecule has 118 valence electrons. The molecule has 0 saturated heterocycles. The molecule has 0 unspecified atom stereocenters. The molecule has 0 saturated carbocycles. The minimum atomic E-state index is -0.655. The van der Waals surface area contributed by atoms with E-state index in [-0.39, 0.29) is 11.7 Å². The van der Waals surface area contributed by atoms with Gasteiger partial charge < -0.3 is 9.15 Å². The van der Waals surface area contributed by atoms with Gasteiger partial charge in [-0.05, 0) is 37.6 Å². The van der Waals surface area contributed by atoms with Gasteiger partial charge in [0.2, 0.25) is 0 Å². The molecule has 0 aliphatic carbocycles. The lowest BCUT2D eigenvalue weighted by Crippen LogP contribution is -2.15. The zero-order chi connectivity index (χ0) is 16.8. The van der Waals surface area contributed by atoms with E-state index in [0.717, 1.165) is 5.56 Å². The highest BCUT2D eigenvalue weighted by atomic mass is 35.5. The molecule has 1 heterocycles. The third-order valence-electron chi connectivity index (χ3n) is 3.28. The van der Waals surface area contributed by atoms with Crippen LogP contribution in [0.15, 0.2) is 46.4 Å². The second-order valence-corrected chi connectivity index (χ2v) is 5.38. The molecule has 2 rings (SSSR count). The van der Waals surface area contributed by atoms with Crippen LogP contribution in [0.25, 0.3) is 17.4 Å². The fourth-order valence-electron chi connectivity index (χ4n) is 1.84. The molecule has 0 aliphatic rings. The number of esters is 1. The largest absolute Gasteiger partial charge is 0.459 e. The molecule has 2 aromatic rings. The number of benzene rings is 1. The Bertz CT molecular complexity index is 771. The third-order valence-corrected chi connectivity index (χ3v) is 3.61. The fourth-order valence-corrected chi connectivity index (χ4v) is 2.07. The summed E-state index contributed by atoms with van der Waals surface area (Å²) in [6, 6.07) is 12.5. The quantitative estimate of drug-likeness (QED) is 0.447. The minimum Gasteiger partial charge on any atom is -0.459 e. The second-order valence-electron chi connectivity index (χ2n) is 4.98. The van der Waals surface area contributed by atoms with Gasteiger partial charge >= 0.3 is 5.97 Å². The van der Waals surface area contributed by atoms with E-state index >= 15 is 0 Å². The number of hydrogen-bond donors (Lipinski definition) is 0. The Kier molecular flexibility index (Phi) is 5.61. The molecule has 0 N–H and O–H groups in total. The summed E-state index contributed by atoms with van der Waals surface area (Å²) in [6.07, 6.45) is 1.81. The van der Waals surface area contributed by atoms with Crippen molar-refractivity contribution in [2.24, 2.45) is 0 Å². The van der Waals surface area contributed by atoms with E-state index in [2.05, 4.69) is 0 Å². The molecular formula is C18H16ClNO3. The summed E-state index contributed by atoms with van der Waals surface area (Å²) < 4.78 is 10.8. The Morgan fingerprint density at radius 2 is 2.13 bits per heavy atom. The van der Waals surface area contributed by atoms with Gasteiger partial charge in [-0.15, -0.1) is 0 Å². The highest BCUT2D eigenvalue weighted by molar-refractivity contribution is 6.33. The van der Waals surface area contributed by atoms with Crippen LogP contribution in [0.1, 0.15) is 26.0 Å². The number of rotatable bonds is 5. The second kappa shape index (κ2) is 7.66. The zero-order valence-corrected chi connectivity index (χ0v) is 13.6. The summed E-state index contributed by atoms with van der Waals surface area (Å²) in [4.78, 5) is 11.9. The number of nitriles is 1. The minimum absolute atomic E-state index is 0.106. The first-order valence-corrected chi connectivity index (χ1v) is 7.60. The Morgan fingerprint density at radius 1 is 1.39 bits per heavy atom. The molecule has 1 atom stereocenters. The van der Waals surface area contributed by atoms with Gasteiger partial charge in [-0.1, -0.05) is 30.7 Å². The van der Waals surface area contributed by atoms with Crippen LogP contribution in [-0.4, -0.2) is 12.1 Å². The standard InChI is InChI=1S/C18H16ClNO3/c1-3-12(2)22-18(21)13(11-20)10-14-8-9-17(23-14)15-6-4-5-7-16(15)19/h4-10,12H,3H2,1-2H3/b13-10+/t12-/m0/s1. The molecule has 1 aromatic carbocycles. The topological polar surface area (TPSA) is 63.2 Å². The number of nitrogens with zero attached hydrogens (tertiary/aromatic N) is 1. The summed E-state index contributed by atoms with van der Waals surface area (Å²) in [5, 5.41) is 9.69. The fraction of sp³-hybridized carbons (Fsp3) is 0.222. The molecular weight excluding hydrogens is 314 g/mol. The molecule has 0 bridgehead atoms. The van der Waals surface area contributed by atoms with Crippen molar-refractivity contribution in [2.45, 2.75) is 26.4 Å². The number of halogens is 1. The molecule has 0 radical (unpaired) electrons. The van der Waals surface area contributed by atoms with Crippen LogP contribution in [-0.2, 0) is 9.53 Å². The van der Waals surface area contributed by atoms with Gasteiger partial charge in [0.15, 0.2) is 0 Å². The lowest BCUT2D eigenvalue weighted by molar-refractivity contribution is -0.142. The van der Waals surface area contributed by atoms with Crippen LogP contribution in [0.5, 0.6) is 0 Å². The number of hydrogen-bond acceptors (Lipinski definition) is 4. The summed E-state index contributed by atoms with van der Waals surface area (Å²) in [6.45, 7) is 3.67. The SMILES string of the molecule is CC[C@H](C)OC(=O)/C(C#N)=C/c1ccc(-c2ccccc2Cl)o1. The zero-order valence-electron chi connectivity index (χ0n) is 12.9. The Balaban J connectivity index is 2.24. The first-order chi connectivity index (χ1) is 11.0. The van der Waals surface area contributed by atoms with Crippen LogP contribution in [0, 0.1) is 11.3 Å². The maximum Gasteiger partial charge on any atom is 0.349 e. The predicted molar refractivity (Wildman–Crippen MR) is 88.6 cm³/mol. The summed E-state index contributed by atoms with van der Waals surface area (Å²) in [5.41, 5.74) is 0.639. The van der Waals surface area contributed by atoms with E-state index in [1.165, 1.54) is 6.08 Å². The maximum atomic E-state index is 11.9. The van der Waals surface area contributed by atoms with Crippen molar-refractivity contribution in [3.05, 3.63) is 52.8 Å². The molecule has 5 heteroatoms. The molecule has 4 nitrogen and oxygen atoms in total. The summed E-state index contributed by atoms with van der Waals surface area (Å²) in [5.74, 6) is 0.296. The smallest absolute Gasteiger partial charge is 0.349 e. The van der Waals surface area contributed by atoms with E-state index in [1.807, 2.05) is 31.2 Å². The van der Waals surface area contributed by atoms with Gasteiger partial charge in [-0.2, -0.15) is 5.26 Å². The van der Waals surface area contributed by atoms with E-state index in [1.54, 1.807) is 25.1 Å². The van der Waals surface area contributed by atoms with Gasteiger partial charge in [0, 0.05) is 11.6 Å². The van der Waals surface area contributed by atoms with Gasteiger partial charge in [-0.25, -0.2) is 4.79 Å². The highest BCUT2D eigenvalue weighted by Crippen LogP contribution is 2.29. The molecule has 0 spiro atoms. The van der Waals surface area contributed by atoms with E-state index in [9.17, 15) is 4.79 Å². The molecule has 23 heavy (non-hydrogen) atoms. The van der Waals surface area contributed by atoms with Crippen molar-refractivity contribution in [3.8, 4) is 17.4 Å². The summed E-state index contributed by atoms with van der Waals surface area (Å²) >= 11 is 6.12. The number of furan rings is 1. The van der Waals surface area contributed by atoms with Crippen LogP contribution < -0.4 is 0 Å². The average Bonchev–Trinajstić information content (AvgIpc) is 3.01. The van der Waals surface area contributed by atoms with Crippen molar-refractivity contribution >= 4 is 23.6 Å². The Hall–Kier alpha value is -2.51. The average molecular weight is 330 g/mol. The Labute approximate surface area is 139 Å². The van der Waals surface area contributed by atoms with Crippen molar-refractivity contribution in [1.82, 2.24) is 0 Å². The third kappa shape index (κ3) is 4.24. The lowest BCUT2D eigenvalue weighted by atomic mass is 10.2. The first-order valence-electron chi connectivity index (χ1n) is 7.22. The predicted octanol–water partition coefficient (Wildman–Crippen LogP) is 4.85. The van der Waals surface area contributed by atoms with Crippen LogP contribution in [0.4, 0.5) is 0 Å². The molecule has 0 fully saturated rings. The Morgan fingerprint density at radius 3 is 2.78 bits per heavy atom. The molecule has 0 amide bonds. The lowest BCUT2D eigenvalue weighted by Gasteiger charge is -2.09. The van der Waals surface area contributed by atoms with Crippen LogP contribution in [0.2, 0.25) is 5.02 Å². The summed E-state index contributed by atoms with van der Waals surface area (Å²) in [7, 11) is 0. The van der Waals surface area contributed by atoms with Gasteiger partial charge in [0.1, 0.15) is 23.2 Å². The van der Waals surface area contributed by atoms with E-state index in [4.69, 9.17) is 26.0 Å². The van der Waals surface area contributed by atoms with Crippen molar-refractivity contribution in [1.29, 1.82) is 5.26 Å². The number of carbonyl (C=O) groups excluding carboxylic acids is 1. The van der Waals surface area contributed by atoms with Crippen molar-refractivity contribution in [2.75, 3.05) is 0 Å². The number of ether oxygens (including phenoxy) is 1. The monoisotopic (exact) mass is 329 g/mol. The van der Waals surface area contributed by atoms with Crippen molar-refractivity contribution < 1.29 is 13.9 Å². The van der Waals surface area contributed by atoms with E-state index in [0.29, 0.717) is 23.0 Å². The van der Waals surface area contributed by atoms with Gasteiger partial charge in [0.25, 0.3) is 0 Å². The molecule has 1 aromatic heterocycles. The van der Waals surface area contributed by atoms with Crippen LogP contribution in [0.3, 0.4) is 0 Å². The molecule has 0 aliphatic heterocycles. The van der Waals surface area contributed by atoms with Gasteiger partial charge in [0.05, 0.1) is 11.1 Å².